The van der Waals surface area contributed by atoms with E-state index in [2.05, 4.69) is 0 Å². The summed E-state index contributed by atoms with van der Waals surface area (Å²) in [6, 6.07) is 0. The Hall–Kier alpha value is 0.540. The van der Waals surface area contributed by atoms with Gasteiger partial charge in [-0.25, -0.2) is 0 Å². The van der Waals surface area contributed by atoms with Crippen molar-refractivity contribution in [2.45, 2.75) is 30.7 Å². The lowest BCUT2D eigenvalue weighted by molar-refractivity contribution is 0.0721. The molecule has 1 saturated carbocycles. The normalized spacial score (nSPS) is 33.0. The Bertz CT molecular complexity index is 97.6. The van der Waals surface area contributed by atoms with Crippen molar-refractivity contribution in [3.63, 3.8) is 0 Å². The second kappa shape index (κ2) is 4.42. The zero-order valence-corrected chi connectivity index (χ0v) is 7.37. The summed E-state index contributed by atoms with van der Waals surface area (Å²) < 4.78 is 5.40. The smallest absolute Gasteiger partial charge is 0.0739 e. The molecule has 1 rings (SSSR count). The van der Waals surface area contributed by atoms with Crippen LogP contribution in [0.1, 0.15) is 19.3 Å². The van der Waals surface area contributed by atoms with Crippen molar-refractivity contribution in [3.8, 4) is 0 Å². The Kier molecular flexibility index (Phi) is 3.82. The van der Waals surface area contributed by atoms with Gasteiger partial charge in [-0.2, -0.15) is 0 Å². The highest BCUT2D eigenvalue weighted by atomic mass is 35.5. The van der Waals surface area contributed by atoms with E-state index in [9.17, 15) is 0 Å². The van der Waals surface area contributed by atoms with Gasteiger partial charge in [0.05, 0.1) is 18.1 Å². The Balaban J connectivity index is 2.14. The predicted molar refractivity (Wildman–Crippen MR) is 44.0 cm³/mol. The predicted octanol–water partition coefficient (Wildman–Crippen LogP) is 2.40. The third-order valence-electron chi connectivity index (χ3n) is 1.78. The third kappa shape index (κ3) is 2.30. The average Bonchev–Trinajstić information content (AvgIpc) is 2.31. The summed E-state index contributed by atoms with van der Waals surface area (Å²) in [5.41, 5.74) is 0. The van der Waals surface area contributed by atoms with Gasteiger partial charge in [-0.05, 0) is 19.3 Å². The molecule has 3 heteroatoms. The summed E-state index contributed by atoms with van der Waals surface area (Å²) in [5.74, 6) is 0.570. The molecule has 0 unspecified atom stereocenters. The standard InChI is InChI=1S/C7H12Cl2O/c8-4-5-10-7-3-1-2-6(7)9/h6-7H,1-5H2/t6-,7+/m0/s1. The molecule has 0 bridgehead atoms. The largest absolute Gasteiger partial charge is 0.375 e. The molecular formula is C7H12Cl2O. The number of halogens is 2. The molecule has 2 atom stereocenters. The van der Waals surface area contributed by atoms with Gasteiger partial charge in [-0.3, -0.25) is 0 Å². The quantitative estimate of drug-likeness (QED) is 0.610. The van der Waals surface area contributed by atoms with Crippen molar-refractivity contribution in [2.75, 3.05) is 12.5 Å². The van der Waals surface area contributed by atoms with Crippen LogP contribution in [0.4, 0.5) is 0 Å². The van der Waals surface area contributed by atoms with Crippen LogP contribution < -0.4 is 0 Å². The molecule has 1 aliphatic carbocycles. The molecule has 0 aromatic carbocycles. The topological polar surface area (TPSA) is 9.23 Å². The summed E-state index contributed by atoms with van der Waals surface area (Å²) in [5, 5.41) is 0.225. The van der Waals surface area contributed by atoms with Crippen LogP contribution in [0.5, 0.6) is 0 Å². The maximum Gasteiger partial charge on any atom is 0.0739 e. The van der Waals surface area contributed by atoms with E-state index in [4.69, 9.17) is 27.9 Å². The second-order valence-corrected chi connectivity index (χ2v) is 3.48. The van der Waals surface area contributed by atoms with Crippen LogP contribution in [0.25, 0.3) is 0 Å². The summed E-state index contributed by atoms with van der Waals surface area (Å²) in [6.45, 7) is 0.634. The zero-order valence-electron chi connectivity index (χ0n) is 5.85. The second-order valence-electron chi connectivity index (χ2n) is 2.55. The molecule has 1 aliphatic rings. The highest BCUT2D eigenvalue weighted by molar-refractivity contribution is 6.21. The maximum absolute atomic E-state index is 5.95. The molecule has 0 aromatic heterocycles. The number of hydrogen-bond donors (Lipinski definition) is 0. The molecule has 0 radical (unpaired) electrons. The van der Waals surface area contributed by atoms with Gasteiger partial charge < -0.3 is 4.74 Å². The van der Waals surface area contributed by atoms with E-state index in [-0.39, 0.29) is 11.5 Å². The SMILES string of the molecule is ClCCO[C@@H]1CCC[C@@H]1Cl. The number of alkyl halides is 2. The number of hydrogen-bond acceptors (Lipinski definition) is 1. The Morgan fingerprint density at radius 2 is 2.20 bits per heavy atom. The van der Waals surface area contributed by atoms with Crippen LogP contribution in [0.2, 0.25) is 0 Å². The van der Waals surface area contributed by atoms with Crippen LogP contribution in [-0.4, -0.2) is 24.0 Å². The number of rotatable bonds is 3. The van der Waals surface area contributed by atoms with Gasteiger partial charge >= 0.3 is 0 Å². The molecule has 1 fully saturated rings. The van der Waals surface area contributed by atoms with E-state index in [1.807, 2.05) is 0 Å². The lowest BCUT2D eigenvalue weighted by Gasteiger charge is -2.13. The van der Waals surface area contributed by atoms with E-state index in [0.29, 0.717) is 12.5 Å². The van der Waals surface area contributed by atoms with Gasteiger partial charge in [-0.1, -0.05) is 0 Å². The van der Waals surface area contributed by atoms with Crippen molar-refractivity contribution in [2.24, 2.45) is 0 Å². The molecule has 10 heavy (non-hydrogen) atoms. The van der Waals surface area contributed by atoms with Crippen molar-refractivity contribution in [1.29, 1.82) is 0 Å². The first-order chi connectivity index (χ1) is 4.84. The minimum absolute atomic E-state index is 0.225. The van der Waals surface area contributed by atoms with Gasteiger partial charge in [0.1, 0.15) is 0 Å². The van der Waals surface area contributed by atoms with Crippen molar-refractivity contribution in [3.05, 3.63) is 0 Å². The first kappa shape index (κ1) is 8.63. The maximum atomic E-state index is 5.95. The molecule has 60 valence electrons. The van der Waals surface area contributed by atoms with Gasteiger partial charge in [-0.15, -0.1) is 23.2 Å². The highest BCUT2D eigenvalue weighted by Crippen LogP contribution is 2.26. The highest BCUT2D eigenvalue weighted by Gasteiger charge is 2.25. The molecule has 0 heterocycles. The monoisotopic (exact) mass is 182 g/mol. The summed E-state index contributed by atoms with van der Waals surface area (Å²) in [4.78, 5) is 0. The van der Waals surface area contributed by atoms with Crippen LogP contribution >= 0.6 is 23.2 Å². The van der Waals surface area contributed by atoms with Crippen molar-refractivity contribution < 1.29 is 4.74 Å². The third-order valence-corrected chi connectivity index (χ3v) is 2.43. The Morgan fingerprint density at radius 3 is 2.70 bits per heavy atom. The zero-order chi connectivity index (χ0) is 7.40. The van der Waals surface area contributed by atoms with Crippen LogP contribution in [-0.2, 0) is 4.74 Å². The van der Waals surface area contributed by atoms with E-state index in [0.717, 1.165) is 12.8 Å². The molecule has 1 nitrogen and oxygen atoms in total. The molecular weight excluding hydrogens is 171 g/mol. The fourth-order valence-corrected chi connectivity index (χ4v) is 1.71. The molecule has 0 N–H and O–H groups in total. The van der Waals surface area contributed by atoms with Crippen LogP contribution in [0.3, 0.4) is 0 Å². The minimum atomic E-state index is 0.225. The number of ether oxygens (including phenoxy) is 1. The molecule has 0 amide bonds. The molecule has 0 aliphatic heterocycles. The van der Waals surface area contributed by atoms with Crippen molar-refractivity contribution in [1.82, 2.24) is 0 Å². The van der Waals surface area contributed by atoms with Crippen LogP contribution in [0, 0.1) is 0 Å². The van der Waals surface area contributed by atoms with Gasteiger partial charge in [0, 0.05) is 5.88 Å². The van der Waals surface area contributed by atoms with E-state index < -0.39 is 0 Å². The Morgan fingerprint density at radius 1 is 1.40 bits per heavy atom. The van der Waals surface area contributed by atoms with E-state index in [1.165, 1.54) is 6.42 Å². The van der Waals surface area contributed by atoms with E-state index >= 15 is 0 Å². The summed E-state index contributed by atoms with van der Waals surface area (Å²) in [7, 11) is 0. The lowest BCUT2D eigenvalue weighted by Crippen LogP contribution is -2.19. The molecule has 0 spiro atoms. The summed E-state index contributed by atoms with van der Waals surface area (Å²) in [6.07, 6.45) is 3.65. The first-order valence-corrected chi connectivity index (χ1v) is 4.63. The van der Waals surface area contributed by atoms with Crippen molar-refractivity contribution >= 4 is 23.2 Å². The fourth-order valence-electron chi connectivity index (χ4n) is 1.26. The van der Waals surface area contributed by atoms with E-state index in [1.54, 1.807) is 0 Å². The van der Waals surface area contributed by atoms with Gasteiger partial charge in [0.15, 0.2) is 0 Å². The molecule has 0 aromatic rings. The molecule has 0 saturated heterocycles. The van der Waals surface area contributed by atoms with Crippen LogP contribution in [0.15, 0.2) is 0 Å². The lowest BCUT2D eigenvalue weighted by atomic mass is 10.3. The summed E-state index contributed by atoms with van der Waals surface area (Å²) >= 11 is 11.4. The van der Waals surface area contributed by atoms with Gasteiger partial charge in [0.2, 0.25) is 0 Å². The average molecular weight is 183 g/mol. The Labute approximate surface area is 71.6 Å². The fraction of sp³-hybridized carbons (Fsp3) is 1.00. The minimum Gasteiger partial charge on any atom is -0.375 e. The first-order valence-electron chi connectivity index (χ1n) is 3.66. The van der Waals surface area contributed by atoms with Gasteiger partial charge in [0.25, 0.3) is 0 Å².